The Bertz CT molecular complexity index is 1570. The Morgan fingerprint density at radius 3 is 2.49 bits per heavy atom. The maximum Gasteiger partial charge on any atom is 0.345 e. The number of hydrogen-bond donors (Lipinski definition) is 3. The summed E-state index contributed by atoms with van der Waals surface area (Å²) in [5.41, 5.74) is 1.71. The van der Waals surface area contributed by atoms with Gasteiger partial charge >= 0.3 is 13.6 Å². The fourth-order valence-electron chi connectivity index (χ4n) is 3.78. The fraction of sp³-hybridized carbons (Fsp3) is 0.273. The highest BCUT2D eigenvalue weighted by Gasteiger charge is 2.37. The summed E-state index contributed by atoms with van der Waals surface area (Å²) < 4.78 is 12.6. The molecule has 1 aromatic carbocycles. The number of amides is 1. The Kier molecular flexibility index (Phi) is 8.19. The molecule has 3 N–H and O–H groups in total. The number of aliphatic carboxylic acids is 1. The minimum Gasteiger partial charge on any atom is -0.480 e. The number of hydrogen-bond acceptors (Lipinski definition) is 9. The molecule has 2 aliphatic heterocycles. The van der Waals surface area contributed by atoms with Crippen molar-refractivity contribution in [1.29, 1.82) is 0 Å². The lowest BCUT2D eigenvalue weighted by Gasteiger charge is -2.18. The molecule has 1 amide bonds. The van der Waals surface area contributed by atoms with Crippen molar-refractivity contribution in [2.75, 3.05) is 17.7 Å². The third kappa shape index (κ3) is 5.80. The zero-order valence-electron chi connectivity index (χ0n) is 19.6. The summed E-state index contributed by atoms with van der Waals surface area (Å²) >= 11 is 8.39. The molecule has 1 saturated heterocycles. The van der Waals surface area contributed by atoms with Gasteiger partial charge in [-0.05, 0) is 43.2 Å². The molecule has 10 nitrogen and oxygen atoms in total. The lowest BCUT2D eigenvalue weighted by atomic mass is 10.1. The molecule has 2 aliphatic rings. The number of carbonyl (C=O) groups excluding carboxylic acids is 1. The summed E-state index contributed by atoms with van der Waals surface area (Å²) in [7, 11) is -4.60. The average Bonchev–Trinajstić information content (AvgIpc) is 3.43. The third-order valence-electron chi connectivity index (χ3n) is 5.47. The van der Waals surface area contributed by atoms with Crippen LogP contribution in [0, 0.1) is 0 Å². The Labute approximate surface area is 229 Å². The number of carboxylic acid groups (broad SMARTS) is 1. The van der Waals surface area contributed by atoms with Gasteiger partial charge in [0.15, 0.2) is 0 Å². The zero-order chi connectivity index (χ0) is 27.1. The lowest BCUT2D eigenvalue weighted by molar-refractivity contribution is -0.137. The molecule has 1 aromatic heterocycles. The zero-order valence-corrected chi connectivity index (χ0v) is 23.8. The summed E-state index contributed by atoms with van der Waals surface area (Å²) in [6.07, 6.45) is 3.40. The molecule has 0 spiro atoms. The second kappa shape index (κ2) is 10.9. The first-order valence-corrected chi connectivity index (χ1v) is 15.6. The molecule has 3 heterocycles. The van der Waals surface area contributed by atoms with Crippen molar-refractivity contribution in [3.63, 3.8) is 0 Å². The highest BCUT2D eigenvalue weighted by molar-refractivity contribution is 8.30. The van der Waals surface area contributed by atoms with Crippen molar-refractivity contribution < 1.29 is 29.0 Å². The van der Waals surface area contributed by atoms with Gasteiger partial charge in [0, 0.05) is 11.4 Å². The second-order valence-corrected chi connectivity index (χ2v) is 13.3. The average molecular weight is 600 g/mol. The molecule has 0 bridgehead atoms. The third-order valence-corrected chi connectivity index (χ3v) is 9.96. The number of aromatic nitrogens is 1. The van der Waals surface area contributed by atoms with Crippen LogP contribution in [-0.2, 0) is 27.1 Å². The summed E-state index contributed by atoms with van der Waals surface area (Å²) in [4.78, 5) is 60.1. The molecule has 0 radical (unpaired) electrons. The molecular formula is C22H22N3O7PS4. The number of thiazole rings is 1. The van der Waals surface area contributed by atoms with Crippen molar-refractivity contribution in [2.45, 2.75) is 31.7 Å². The quantitative estimate of drug-likeness (QED) is 0.318. The van der Waals surface area contributed by atoms with Crippen molar-refractivity contribution in [3.8, 4) is 0 Å². The maximum absolute atomic E-state index is 13.2. The van der Waals surface area contributed by atoms with Crippen LogP contribution in [0.15, 0.2) is 39.0 Å². The van der Waals surface area contributed by atoms with E-state index in [0.29, 0.717) is 6.54 Å². The van der Waals surface area contributed by atoms with Gasteiger partial charge in [0.25, 0.3) is 11.5 Å². The predicted octanol–water partition coefficient (Wildman–Crippen LogP) is 1.91. The van der Waals surface area contributed by atoms with Crippen LogP contribution in [0.5, 0.6) is 0 Å². The van der Waals surface area contributed by atoms with E-state index in [0.717, 1.165) is 54.6 Å². The number of allylic oxidation sites excluding steroid dienone is 1. The predicted molar refractivity (Wildman–Crippen MR) is 150 cm³/mol. The van der Waals surface area contributed by atoms with Gasteiger partial charge in [-0.25, -0.2) is 0 Å². The number of aryl methyl sites for hydroxylation is 1. The van der Waals surface area contributed by atoms with E-state index in [9.17, 15) is 33.8 Å². The minimum atomic E-state index is -4.60. The van der Waals surface area contributed by atoms with Crippen molar-refractivity contribution in [2.24, 2.45) is 0 Å². The van der Waals surface area contributed by atoms with Crippen LogP contribution in [0.1, 0.15) is 19.4 Å². The molecule has 2 aromatic rings. The number of anilines is 1. The number of fused-ring (bicyclic) bond motifs is 1. The smallest absolute Gasteiger partial charge is 0.345 e. The molecular weight excluding hydrogens is 577 g/mol. The van der Waals surface area contributed by atoms with Crippen molar-refractivity contribution in [1.82, 2.24) is 9.47 Å². The molecule has 4 rings (SSSR count). The van der Waals surface area contributed by atoms with Crippen molar-refractivity contribution >= 4 is 87.5 Å². The summed E-state index contributed by atoms with van der Waals surface area (Å²) in [6, 6.07) is 6.29. The van der Waals surface area contributed by atoms with E-state index in [1.807, 2.05) is 6.92 Å². The number of thiocarbonyl (C=S) groups is 1. The van der Waals surface area contributed by atoms with E-state index < -0.39 is 37.9 Å². The Hall–Kier alpha value is -2.19. The van der Waals surface area contributed by atoms with Gasteiger partial charge in [-0.15, -0.1) is 11.3 Å². The van der Waals surface area contributed by atoms with Crippen LogP contribution in [0.2, 0.25) is 0 Å². The lowest BCUT2D eigenvalue weighted by Crippen LogP contribution is -2.35. The Balaban J connectivity index is 1.81. The highest BCUT2D eigenvalue weighted by Crippen LogP contribution is 2.46. The van der Waals surface area contributed by atoms with Gasteiger partial charge in [0.05, 0.1) is 15.2 Å². The first kappa shape index (κ1) is 27.8. The van der Waals surface area contributed by atoms with Gasteiger partial charge in [-0.3, -0.25) is 28.4 Å². The maximum atomic E-state index is 13.2. The van der Waals surface area contributed by atoms with E-state index in [-0.39, 0.29) is 18.4 Å². The monoisotopic (exact) mass is 599 g/mol. The normalized spacial score (nSPS) is 18.9. The minimum absolute atomic E-state index is 0.0426. The molecule has 1 fully saturated rings. The van der Waals surface area contributed by atoms with Crippen LogP contribution in [0.4, 0.5) is 5.69 Å². The largest absolute Gasteiger partial charge is 0.480 e. The van der Waals surface area contributed by atoms with Crippen LogP contribution >= 0.6 is 54.7 Å². The van der Waals surface area contributed by atoms with Crippen molar-refractivity contribution in [3.05, 3.63) is 54.4 Å². The highest BCUT2D eigenvalue weighted by atomic mass is 32.2. The van der Waals surface area contributed by atoms with Crippen LogP contribution in [0.3, 0.4) is 0 Å². The topological polar surface area (TPSA) is 140 Å². The molecule has 196 valence electrons. The summed E-state index contributed by atoms with van der Waals surface area (Å²) in [6.45, 7) is 4.14. The first-order valence-electron chi connectivity index (χ1n) is 11.0. The van der Waals surface area contributed by atoms with Crippen LogP contribution in [-0.4, -0.2) is 53.4 Å². The van der Waals surface area contributed by atoms with Gasteiger partial charge in [0.1, 0.15) is 26.7 Å². The standard InChI is InChI=1S/C22H22N3O7PS4/c1-3-12-5-6-14-13(9-12)23(4-2)16(35-14)8-7-15-19(28)24(10-17(26)27)21(36-15)18-20(29)25(22(34)37-18)11-33(30,31)32/h5-9H,3-4,10-11H2,1-2H3,(H,26,27)(H2,30,31,32). The molecule has 0 atom stereocenters. The number of benzene rings is 1. The van der Waals surface area contributed by atoms with Gasteiger partial charge in [-0.2, -0.15) is 0 Å². The summed E-state index contributed by atoms with van der Waals surface area (Å²) in [5.74, 6) is -2.06. The van der Waals surface area contributed by atoms with E-state index in [1.165, 1.54) is 5.56 Å². The Morgan fingerprint density at radius 1 is 1.14 bits per heavy atom. The SMILES string of the molecule is CCc1ccc2c(c1)N(CC)C(=CC=c1sc(=C3SC(=S)N(CP(=O)(O)O)C3=O)n(CC(=O)O)c1=O)S2. The molecule has 0 aliphatic carbocycles. The fourth-order valence-corrected chi connectivity index (χ4v) is 8.17. The number of thioether (sulfide) groups is 2. The molecule has 15 heteroatoms. The van der Waals surface area contributed by atoms with E-state index in [2.05, 4.69) is 30.0 Å². The number of carboxylic acids is 1. The number of carbonyl (C=O) groups is 2. The van der Waals surface area contributed by atoms with Gasteiger partial charge in [0.2, 0.25) is 0 Å². The van der Waals surface area contributed by atoms with Crippen LogP contribution < -0.4 is 19.7 Å². The molecule has 0 saturated carbocycles. The van der Waals surface area contributed by atoms with E-state index >= 15 is 0 Å². The Morgan fingerprint density at radius 2 is 1.86 bits per heavy atom. The molecule has 37 heavy (non-hydrogen) atoms. The molecule has 0 unspecified atom stereocenters. The van der Waals surface area contributed by atoms with E-state index in [4.69, 9.17) is 12.2 Å². The first-order chi connectivity index (χ1) is 17.4. The van der Waals surface area contributed by atoms with Crippen LogP contribution in [0.25, 0.3) is 11.0 Å². The van der Waals surface area contributed by atoms with Gasteiger partial charge in [-0.1, -0.05) is 48.7 Å². The van der Waals surface area contributed by atoms with Gasteiger partial charge < -0.3 is 19.8 Å². The summed E-state index contributed by atoms with van der Waals surface area (Å²) in [5, 5.41) is 10.3. The van der Waals surface area contributed by atoms with E-state index in [1.54, 1.807) is 23.9 Å². The number of nitrogens with zero attached hydrogens (tertiary/aromatic N) is 3. The number of rotatable bonds is 7. The second-order valence-electron chi connectivity index (χ2n) is 7.97.